The predicted octanol–water partition coefficient (Wildman–Crippen LogP) is 0.896. The van der Waals surface area contributed by atoms with E-state index < -0.39 is 16.3 Å². The number of nitrogens with one attached hydrogen (secondary N) is 1. The van der Waals surface area contributed by atoms with E-state index in [2.05, 4.69) is 4.72 Å². The van der Waals surface area contributed by atoms with Crippen LogP contribution < -0.4 is 4.72 Å². The van der Waals surface area contributed by atoms with E-state index in [9.17, 15) is 13.5 Å². The number of nitrogens with zero attached hydrogens (tertiary/aromatic N) is 1. The Labute approximate surface area is 120 Å². The number of fused-ring (bicyclic) bond motifs is 1. The third kappa shape index (κ3) is 3.38. The summed E-state index contributed by atoms with van der Waals surface area (Å²) in [7, 11) is -3.56. The van der Waals surface area contributed by atoms with Gasteiger partial charge in [-0.15, -0.1) is 0 Å². The van der Waals surface area contributed by atoms with E-state index in [4.69, 9.17) is 0 Å². The van der Waals surface area contributed by atoms with Crippen molar-refractivity contribution in [1.29, 1.82) is 0 Å². The molecule has 1 heterocycles. The highest BCUT2D eigenvalue weighted by atomic mass is 32.2. The zero-order chi connectivity index (χ0) is 14.8. The van der Waals surface area contributed by atoms with Gasteiger partial charge >= 0.3 is 0 Å². The van der Waals surface area contributed by atoms with Crippen molar-refractivity contribution >= 4 is 10.2 Å². The Morgan fingerprint density at radius 3 is 2.55 bits per heavy atom. The van der Waals surface area contributed by atoms with E-state index in [-0.39, 0.29) is 12.5 Å². The van der Waals surface area contributed by atoms with Crippen molar-refractivity contribution in [2.24, 2.45) is 5.92 Å². The van der Waals surface area contributed by atoms with Crippen LogP contribution in [0.25, 0.3) is 0 Å². The average Bonchev–Trinajstić information content (AvgIpc) is 2.44. The highest BCUT2D eigenvalue weighted by molar-refractivity contribution is 7.87. The van der Waals surface area contributed by atoms with Crippen LogP contribution in [0.15, 0.2) is 24.3 Å². The van der Waals surface area contributed by atoms with Gasteiger partial charge in [0, 0.05) is 19.1 Å². The second kappa shape index (κ2) is 6.22. The van der Waals surface area contributed by atoms with Gasteiger partial charge in [-0.05, 0) is 23.5 Å². The fourth-order valence-electron chi connectivity index (χ4n) is 2.32. The molecule has 1 atom stereocenters. The lowest BCUT2D eigenvalue weighted by molar-refractivity contribution is 0.224. The number of benzene rings is 1. The highest BCUT2D eigenvalue weighted by Gasteiger charge is 2.29. The summed E-state index contributed by atoms with van der Waals surface area (Å²) in [6.07, 6.45) is 0.725. The topological polar surface area (TPSA) is 69.6 Å². The smallest absolute Gasteiger partial charge is 0.280 e. The van der Waals surface area contributed by atoms with Crippen molar-refractivity contribution < 1.29 is 13.5 Å². The third-order valence-electron chi connectivity index (χ3n) is 3.74. The Bertz CT molecular complexity index is 557. The van der Waals surface area contributed by atoms with Gasteiger partial charge in [-0.2, -0.15) is 17.4 Å². The zero-order valence-corrected chi connectivity index (χ0v) is 12.7. The zero-order valence-electron chi connectivity index (χ0n) is 11.9. The number of aliphatic hydroxyl groups excluding tert-OH is 1. The molecule has 112 valence electrons. The molecule has 2 N–H and O–H groups in total. The van der Waals surface area contributed by atoms with Gasteiger partial charge in [0.2, 0.25) is 0 Å². The molecule has 0 saturated heterocycles. The quantitative estimate of drug-likeness (QED) is 0.848. The first kappa shape index (κ1) is 15.4. The van der Waals surface area contributed by atoms with Crippen LogP contribution in [0.4, 0.5) is 0 Å². The lowest BCUT2D eigenvalue weighted by Gasteiger charge is -2.30. The Hall–Kier alpha value is -0.950. The van der Waals surface area contributed by atoms with Crippen LogP contribution in [0.3, 0.4) is 0 Å². The summed E-state index contributed by atoms with van der Waals surface area (Å²) in [5.74, 6) is 0.0480. The summed E-state index contributed by atoms with van der Waals surface area (Å²) in [6.45, 7) is 4.44. The number of aliphatic hydroxyl groups is 1. The van der Waals surface area contributed by atoms with E-state index in [1.54, 1.807) is 0 Å². The minimum atomic E-state index is -3.56. The normalized spacial score (nSPS) is 18.0. The number of hydrogen-bond donors (Lipinski definition) is 2. The van der Waals surface area contributed by atoms with Gasteiger partial charge in [0.1, 0.15) is 0 Å². The van der Waals surface area contributed by atoms with Crippen LogP contribution in [0, 0.1) is 5.92 Å². The maximum atomic E-state index is 12.4. The van der Waals surface area contributed by atoms with Gasteiger partial charge in [-0.3, -0.25) is 0 Å². The molecule has 20 heavy (non-hydrogen) atoms. The average molecular weight is 298 g/mol. The van der Waals surface area contributed by atoms with Gasteiger partial charge in [0.05, 0.1) is 6.61 Å². The van der Waals surface area contributed by atoms with Gasteiger partial charge < -0.3 is 5.11 Å². The molecule has 0 bridgehead atoms. The van der Waals surface area contributed by atoms with Crippen LogP contribution >= 0.6 is 0 Å². The van der Waals surface area contributed by atoms with Crippen LogP contribution in [-0.4, -0.2) is 37.0 Å². The predicted molar refractivity (Wildman–Crippen MR) is 78.3 cm³/mol. The fourth-order valence-corrected chi connectivity index (χ4v) is 3.84. The molecular formula is C14H22N2O3S. The first-order valence-electron chi connectivity index (χ1n) is 6.89. The number of rotatable bonds is 5. The highest BCUT2D eigenvalue weighted by Crippen LogP contribution is 2.20. The van der Waals surface area contributed by atoms with Crippen molar-refractivity contribution in [2.75, 3.05) is 13.2 Å². The van der Waals surface area contributed by atoms with Crippen molar-refractivity contribution in [3.05, 3.63) is 35.4 Å². The van der Waals surface area contributed by atoms with Crippen molar-refractivity contribution in [3.63, 3.8) is 0 Å². The van der Waals surface area contributed by atoms with Crippen LogP contribution in [0.1, 0.15) is 25.0 Å². The molecule has 0 spiro atoms. The number of hydrogen-bond acceptors (Lipinski definition) is 3. The van der Waals surface area contributed by atoms with Crippen molar-refractivity contribution in [3.8, 4) is 0 Å². The summed E-state index contributed by atoms with van der Waals surface area (Å²) in [5.41, 5.74) is 2.26. The summed E-state index contributed by atoms with van der Waals surface area (Å²) in [5, 5.41) is 9.27. The molecular weight excluding hydrogens is 276 g/mol. The second-order valence-corrected chi connectivity index (χ2v) is 7.21. The largest absolute Gasteiger partial charge is 0.395 e. The second-order valence-electron chi connectivity index (χ2n) is 5.51. The molecule has 1 aliphatic rings. The van der Waals surface area contributed by atoms with Crippen LogP contribution in [0.2, 0.25) is 0 Å². The molecule has 5 nitrogen and oxygen atoms in total. The maximum absolute atomic E-state index is 12.4. The lowest BCUT2D eigenvalue weighted by Crippen LogP contribution is -2.49. The summed E-state index contributed by atoms with van der Waals surface area (Å²) >= 11 is 0. The third-order valence-corrected chi connectivity index (χ3v) is 5.33. The Kier molecular flexibility index (Phi) is 4.80. The van der Waals surface area contributed by atoms with Crippen LogP contribution in [0.5, 0.6) is 0 Å². The van der Waals surface area contributed by atoms with E-state index in [1.807, 2.05) is 38.1 Å². The molecule has 0 amide bonds. The van der Waals surface area contributed by atoms with E-state index in [1.165, 1.54) is 9.87 Å². The van der Waals surface area contributed by atoms with Crippen molar-refractivity contribution in [1.82, 2.24) is 9.03 Å². The standard InChI is InChI=1S/C14H22N2O3S/c1-11(2)14(10-17)15-20(18,19)16-8-7-12-5-3-4-6-13(12)9-16/h3-6,11,14-15,17H,7-10H2,1-2H3/t14-/m1/s1. The first-order valence-corrected chi connectivity index (χ1v) is 8.33. The SMILES string of the molecule is CC(C)[C@@H](CO)NS(=O)(=O)N1CCc2ccccc2C1. The molecule has 1 aromatic rings. The van der Waals surface area contributed by atoms with Gasteiger partial charge in [0.25, 0.3) is 10.2 Å². The Morgan fingerprint density at radius 2 is 1.95 bits per heavy atom. The van der Waals surface area contributed by atoms with Crippen LogP contribution in [-0.2, 0) is 23.2 Å². The molecule has 0 fully saturated rings. The van der Waals surface area contributed by atoms with E-state index in [0.717, 1.165) is 12.0 Å². The first-order chi connectivity index (χ1) is 9.44. The molecule has 0 saturated carbocycles. The van der Waals surface area contributed by atoms with Crippen molar-refractivity contribution in [2.45, 2.75) is 32.9 Å². The molecule has 1 aliphatic heterocycles. The van der Waals surface area contributed by atoms with E-state index >= 15 is 0 Å². The van der Waals surface area contributed by atoms with Gasteiger partial charge in [-0.1, -0.05) is 38.1 Å². The monoisotopic (exact) mass is 298 g/mol. The Morgan fingerprint density at radius 1 is 1.30 bits per heavy atom. The summed E-state index contributed by atoms with van der Waals surface area (Å²) in [4.78, 5) is 0. The summed E-state index contributed by atoms with van der Waals surface area (Å²) < 4.78 is 28.8. The maximum Gasteiger partial charge on any atom is 0.280 e. The van der Waals surface area contributed by atoms with Gasteiger partial charge in [0.15, 0.2) is 0 Å². The Balaban J connectivity index is 2.12. The minimum absolute atomic E-state index is 0.0480. The fraction of sp³-hybridized carbons (Fsp3) is 0.571. The minimum Gasteiger partial charge on any atom is -0.395 e. The van der Waals surface area contributed by atoms with Gasteiger partial charge in [-0.25, -0.2) is 0 Å². The molecule has 2 rings (SSSR count). The summed E-state index contributed by atoms with van der Waals surface area (Å²) in [6, 6.07) is 7.45. The molecule has 0 aromatic heterocycles. The molecule has 0 aliphatic carbocycles. The molecule has 6 heteroatoms. The lowest BCUT2D eigenvalue weighted by atomic mass is 10.0. The molecule has 0 radical (unpaired) electrons. The molecule has 0 unspecified atom stereocenters. The molecule has 1 aromatic carbocycles. The van der Waals surface area contributed by atoms with E-state index in [0.29, 0.717) is 13.1 Å².